The smallest absolute Gasteiger partial charge is 0.245 e. The van der Waals surface area contributed by atoms with E-state index in [2.05, 4.69) is 10.1 Å². The summed E-state index contributed by atoms with van der Waals surface area (Å²) in [4.78, 5) is 4.13. The van der Waals surface area contributed by atoms with Gasteiger partial charge in [0.05, 0.1) is 5.75 Å². The van der Waals surface area contributed by atoms with Gasteiger partial charge >= 0.3 is 0 Å². The van der Waals surface area contributed by atoms with Crippen LogP contribution in [-0.2, 0) is 10.0 Å². The Kier molecular flexibility index (Phi) is 3.48. The molecule has 1 saturated heterocycles. The lowest BCUT2D eigenvalue weighted by molar-refractivity contribution is 0.289. The molecule has 2 rings (SSSR count). The van der Waals surface area contributed by atoms with E-state index in [-0.39, 0.29) is 11.8 Å². The second-order valence-electron chi connectivity index (χ2n) is 4.26. The fraction of sp³-hybridized carbons (Fsp3) is 0.800. The van der Waals surface area contributed by atoms with Crippen molar-refractivity contribution in [2.75, 3.05) is 12.3 Å². The molecule has 17 heavy (non-hydrogen) atoms. The van der Waals surface area contributed by atoms with E-state index in [1.807, 2.05) is 6.92 Å². The summed E-state index contributed by atoms with van der Waals surface area (Å²) in [6, 6.07) is -0.271. The fourth-order valence-electron chi connectivity index (χ4n) is 2.14. The third-order valence-electron chi connectivity index (χ3n) is 2.85. The van der Waals surface area contributed by atoms with Gasteiger partial charge in [-0.05, 0) is 26.2 Å². The highest BCUT2D eigenvalue weighted by molar-refractivity contribution is 7.89. The Morgan fingerprint density at radius 3 is 2.88 bits per heavy atom. The van der Waals surface area contributed by atoms with Crippen LogP contribution < -0.4 is 0 Å². The zero-order valence-corrected chi connectivity index (χ0v) is 10.9. The molecule has 1 aromatic rings. The number of nitrogens with zero attached hydrogens (tertiary/aromatic N) is 3. The minimum atomic E-state index is -3.19. The highest BCUT2D eigenvalue weighted by Gasteiger charge is 2.37. The Morgan fingerprint density at radius 1 is 1.53 bits per heavy atom. The quantitative estimate of drug-likeness (QED) is 0.813. The van der Waals surface area contributed by atoms with Gasteiger partial charge in [-0.25, -0.2) is 8.42 Å². The molecule has 1 atom stereocenters. The number of hydrogen-bond donors (Lipinski definition) is 0. The molecule has 0 bridgehead atoms. The maximum absolute atomic E-state index is 12.1. The summed E-state index contributed by atoms with van der Waals surface area (Å²) < 4.78 is 30.7. The average Bonchev–Trinajstić information content (AvgIpc) is 2.84. The van der Waals surface area contributed by atoms with Crippen molar-refractivity contribution < 1.29 is 12.9 Å². The van der Waals surface area contributed by atoms with E-state index in [0.717, 1.165) is 12.8 Å². The normalized spacial score (nSPS) is 22.1. The van der Waals surface area contributed by atoms with Crippen molar-refractivity contribution >= 4 is 10.0 Å². The highest BCUT2D eigenvalue weighted by Crippen LogP contribution is 2.33. The molecule has 1 aliphatic rings. The predicted molar refractivity (Wildman–Crippen MR) is 61.8 cm³/mol. The van der Waals surface area contributed by atoms with Gasteiger partial charge in [0, 0.05) is 6.54 Å². The third-order valence-corrected chi connectivity index (χ3v) is 4.93. The van der Waals surface area contributed by atoms with Crippen molar-refractivity contribution in [3.05, 3.63) is 11.7 Å². The summed E-state index contributed by atoms with van der Waals surface area (Å²) in [6.45, 7) is 4.14. The SMILES string of the molecule is CCCS(=O)(=O)N1CCCC1c1nc(C)no1. The molecule has 0 radical (unpaired) electrons. The molecule has 96 valence electrons. The van der Waals surface area contributed by atoms with E-state index in [1.54, 1.807) is 6.92 Å². The zero-order chi connectivity index (χ0) is 12.5. The molecule has 0 aliphatic carbocycles. The van der Waals surface area contributed by atoms with Crippen molar-refractivity contribution in [2.45, 2.75) is 39.2 Å². The molecule has 7 heteroatoms. The molecule has 1 aromatic heterocycles. The molecule has 0 N–H and O–H groups in total. The molecular formula is C10H17N3O3S. The second kappa shape index (κ2) is 4.73. The van der Waals surface area contributed by atoms with Crippen LogP contribution in [0.15, 0.2) is 4.52 Å². The molecule has 0 saturated carbocycles. The van der Waals surface area contributed by atoms with Gasteiger partial charge in [-0.3, -0.25) is 0 Å². The Bertz CT molecular complexity index is 483. The predicted octanol–water partition coefficient (Wildman–Crippen LogP) is 1.25. The molecule has 1 unspecified atom stereocenters. The summed E-state index contributed by atoms with van der Waals surface area (Å²) in [6.07, 6.45) is 2.22. The first-order valence-electron chi connectivity index (χ1n) is 5.84. The van der Waals surface area contributed by atoms with E-state index < -0.39 is 10.0 Å². The van der Waals surface area contributed by atoms with E-state index >= 15 is 0 Å². The third kappa shape index (κ3) is 2.50. The first-order valence-corrected chi connectivity index (χ1v) is 7.45. The summed E-state index contributed by atoms with van der Waals surface area (Å²) in [5.41, 5.74) is 0. The van der Waals surface area contributed by atoms with Gasteiger partial charge in [0.25, 0.3) is 0 Å². The Hall–Kier alpha value is -0.950. The molecule has 1 aliphatic heterocycles. The fourth-order valence-corrected chi connectivity index (χ4v) is 3.88. The molecule has 1 fully saturated rings. The van der Waals surface area contributed by atoms with Gasteiger partial charge in [-0.2, -0.15) is 9.29 Å². The monoisotopic (exact) mass is 259 g/mol. The lowest BCUT2D eigenvalue weighted by Gasteiger charge is -2.20. The van der Waals surface area contributed by atoms with Crippen LogP contribution in [-0.4, -0.2) is 35.2 Å². The lowest BCUT2D eigenvalue weighted by Crippen LogP contribution is -2.32. The molecule has 0 spiro atoms. The summed E-state index contributed by atoms with van der Waals surface area (Å²) in [7, 11) is -3.19. The number of hydrogen-bond acceptors (Lipinski definition) is 5. The van der Waals surface area contributed by atoms with E-state index in [9.17, 15) is 8.42 Å². The zero-order valence-electron chi connectivity index (χ0n) is 10.1. The number of sulfonamides is 1. The molecular weight excluding hydrogens is 242 g/mol. The molecule has 0 aromatic carbocycles. The Balaban J connectivity index is 2.24. The minimum Gasteiger partial charge on any atom is -0.338 e. The number of aryl methyl sites for hydroxylation is 1. The summed E-state index contributed by atoms with van der Waals surface area (Å²) >= 11 is 0. The Labute approximate surface area is 101 Å². The largest absolute Gasteiger partial charge is 0.338 e. The van der Waals surface area contributed by atoms with Crippen LogP contribution >= 0.6 is 0 Å². The first kappa shape index (κ1) is 12.5. The van der Waals surface area contributed by atoms with Crippen LogP contribution in [0.1, 0.15) is 43.9 Å². The van der Waals surface area contributed by atoms with Gasteiger partial charge in [-0.15, -0.1) is 0 Å². The van der Waals surface area contributed by atoms with Crippen LogP contribution in [0.4, 0.5) is 0 Å². The van der Waals surface area contributed by atoms with Gasteiger partial charge < -0.3 is 4.52 Å². The minimum absolute atomic E-state index is 0.177. The number of rotatable bonds is 4. The van der Waals surface area contributed by atoms with Gasteiger partial charge in [0.1, 0.15) is 6.04 Å². The van der Waals surface area contributed by atoms with E-state index in [4.69, 9.17) is 4.52 Å². The topological polar surface area (TPSA) is 76.3 Å². The van der Waals surface area contributed by atoms with Gasteiger partial charge in [0.2, 0.25) is 15.9 Å². The highest BCUT2D eigenvalue weighted by atomic mass is 32.2. The maximum atomic E-state index is 12.1. The summed E-state index contributed by atoms with van der Waals surface area (Å²) in [5.74, 6) is 1.13. The van der Waals surface area contributed by atoms with E-state index in [0.29, 0.717) is 24.7 Å². The van der Waals surface area contributed by atoms with Crippen LogP contribution in [0, 0.1) is 6.92 Å². The van der Waals surface area contributed by atoms with Crippen LogP contribution in [0.5, 0.6) is 0 Å². The molecule has 0 amide bonds. The van der Waals surface area contributed by atoms with Crippen LogP contribution in [0.3, 0.4) is 0 Å². The van der Waals surface area contributed by atoms with Crippen LogP contribution in [0.2, 0.25) is 0 Å². The first-order chi connectivity index (χ1) is 8.04. The van der Waals surface area contributed by atoms with Gasteiger partial charge in [0.15, 0.2) is 5.82 Å². The summed E-state index contributed by atoms with van der Waals surface area (Å²) in [5, 5.41) is 3.72. The average molecular weight is 259 g/mol. The number of aromatic nitrogens is 2. The lowest BCUT2D eigenvalue weighted by atomic mass is 10.2. The standard InChI is InChI=1S/C10H17N3O3S/c1-3-7-17(14,15)13-6-4-5-9(13)10-11-8(2)12-16-10/h9H,3-7H2,1-2H3. The maximum Gasteiger partial charge on any atom is 0.245 e. The van der Waals surface area contributed by atoms with Crippen molar-refractivity contribution in [3.63, 3.8) is 0 Å². The molecule has 2 heterocycles. The van der Waals surface area contributed by atoms with Crippen molar-refractivity contribution in [2.24, 2.45) is 0 Å². The van der Waals surface area contributed by atoms with Crippen molar-refractivity contribution in [1.82, 2.24) is 14.4 Å². The Morgan fingerprint density at radius 2 is 2.29 bits per heavy atom. The van der Waals surface area contributed by atoms with Crippen LogP contribution in [0.25, 0.3) is 0 Å². The second-order valence-corrected chi connectivity index (χ2v) is 6.31. The van der Waals surface area contributed by atoms with Crippen molar-refractivity contribution in [1.29, 1.82) is 0 Å². The van der Waals surface area contributed by atoms with Crippen molar-refractivity contribution in [3.8, 4) is 0 Å². The van der Waals surface area contributed by atoms with E-state index in [1.165, 1.54) is 4.31 Å². The molecule has 6 nitrogen and oxygen atoms in total. The van der Waals surface area contributed by atoms with Gasteiger partial charge in [-0.1, -0.05) is 12.1 Å².